The van der Waals surface area contributed by atoms with Crippen LogP contribution in [0.5, 0.6) is 0 Å². The van der Waals surface area contributed by atoms with Crippen LogP contribution < -0.4 is 11.1 Å². The summed E-state index contributed by atoms with van der Waals surface area (Å²) < 4.78 is 11.9. The van der Waals surface area contributed by atoms with Crippen LogP contribution in [-0.2, 0) is 21.3 Å². The number of ether oxygens (including phenoxy) is 2. The number of rotatable bonds is 2. The number of aryl methyl sites for hydroxylation is 1. The zero-order valence-corrected chi connectivity index (χ0v) is 8.97. The number of hydrogen-bond donors (Lipinski definition) is 2. The van der Waals surface area contributed by atoms with Crippen molar-refractivity contribution in [3.05, 3.63) is 6.20 Å². The van der Waals surface area contributed by atoms with Gasteiger partial charge in [0.1, 0.15) is 0 Å². The molecule has 1 aliphatic rings. The molecule has 88 valence electrons. The molecular weight excluding hydrogens is 212 g/mol. The average molecular weight is 226 g/mol. The van der Waals surface area contributed by atoms with Gasteiger partial charge >= 0.3 is 0 Å². The summed E-state index contributed by atoms with van der Waals surface area (Å²) in [7, 11) is 1.70. The molecule has 0 radical (unpaired) electrons. The molecular formula is C9H14N4O3. The quantitative estimate of drug-likeness (QED) is 0.699. The second-order valence-electron chi connectivity index (χ2n) is 3.50. The van der Waals surface area contributed by atoms with Gasteiger partial charge in [0, 0.05) is 7.05 Å². The maximum Gasteiger partial charge on any atom is 0.257 e. The van der Waals surface area contributed by atoms with E-state index in [9.17, 15) is 4.79 Å². The molecule has 7 nitrogen and oxygen atoms in total. The molecule has 2 heterocycles. The highest BCUT2D eigenvalue weighted by atomic mass is 16.6. The van der Waals surface area contributed by atoms with Crippen LogP contribution >= 0.6 is 0 Å². The Labute approximate surface area is 92.5 Å². The first kappa shape index (κ1) is 10.9. The van der Waals surface area contributed by atoms with Crippen LogP contribution in [0.4, 0.5) is 11.5 Å². The van der Waals surface area contributed by atoms with Gasteiger partial charge < -0.3 is 20.5 Å². The summed E-state index contributed by atoms with van der Waals surface area (Å²) in [6.07, 6.45) is 0.899. The highest BCUT2D eigenvalue weighted by Crippen LogP contribution is 2.16. The van der Waals surface area contributed by atoms with Gasteiger partial charge in [0.2, 0.25) is 0 Å². The molecule has 1 unspecified atom stereocenters. The molecule has 2 rings (SSSR count). The molecule has 16 heavy (non-hydrogen) atoms. The Bertz CT molecular complexity index is 365. The molecule has 1 aliphatic heterocycles. The maximum atomic E-state index is 11.8. The normalized spacial score (nSPS) is 20.7. The van der Waals surface area contributed by atoms with Crippen LogP contribution in [0, 0.1) is 0 Å². The van der Waals surface area contributed by atoms with Gasteiger partial charge in [-0.2, -0.15) is 5.10 Å². The maximum absolute atomic E-state index is 11.8. The van der Waals surface area contributed by atoms with Gasteiger partial charge in [0.05, 0.1) is 31.7 Å². The molecule has 1 atom stereocenters. The first-order valence-electron chi connectivity index (χ1n) is 4.96. The van der Waals surface area contributed by atoms with Crippen molar-refractivity contribution < 1.29 is 14.3 Å². The van der Waals surface area contributed by atoms with Gasteiger partial charge in [0.15, 0.2) is 11.9 Å². The van der Waals surface area contributed by atoms with Crippen molar-refractivity contribution in [1.82, 2.24) is 9.78 Å². The fraction of sp³-hybridized carbons (Fsp3) is 0.556. The first-order chi connectivity index (χ1) is 7.68. The minimum absolute atomic E-state index is 0.267. The molecule has 0 saturated carbocycles. The Morgan fingerprint density at radius 3 is 3.06 bits per heavy atom. The zero-order valence-electron chi connectivity index (χ0n) is 8.97. The molecule has 1 aromatic heterocycles. The summed E-state index contributed by atoms with van der Waals surface area (Å²) in [5.41, 5.74) is 6.07. The van der Waals surface area contributed by atoms with Gasteiger partial charge in [-0.05, 0) is 0 Å². The van der Waals surface area contributed by atoms with Crippen molar-refractivity contribution in [1.29, 1.82) is 0 Å². The molecule has 0 spiro atoms. The van der Waals surface area contributed by atoms with Crippen molar-refractivity contribution in [2.75, 3.05) is 30.9 Å². The summed E-state index contributed by atoms with van der Waals surface area (Å²) in [6, 6.07) is 0. The van der Waals surface area contributed by atoms with E-state index in [4.69, 9.17) is 15.2 Å². The van der Waals surface area contributed by atoms with E-state index in [1.54, 1.807) is 7.05 Å². The molecule has 0 bridgehead atoms. The van der Waals surface area contributed by atoms with Crippen molar-refractivity contribution in [2.45, 2.75) is 6.10 Å². The number of amides is 1. The molecule has 1 amide bonds. The monoisotopic (exact) mass is 226 g/mol. The Hall–Kier alpha value is -1.60. The van der Waals surface area contributed by atoms with Crippen molar-refractivity contribution >= 4 is 17.4 Å². The highest BCUT2D eigenvalue weighted by Gasteiger charge is 2.24. The van der Waals surface area contributed by atoms with Crippen LogP contribution in [0.2, 0.25) is 0 Å². The third kappa shape index (κ3) is 2.15. The number of carbonyl (C=O) groups is 1. The minimum atomic E-state index is -0.581. The minimum Gasteiger partial charge on any atom is -0.394 e. The average Bonchev–Trinajstić information content (AvgIpc) is 2.62. The Morgan fingerprint density at radius 2 is 2.50 bits per heavy atom. The van der Waals surface area contributed by atoms with E-state index in [0.717, 1.165) is 0 Å². The second-order valence-corrected chi connectivity index (χ2v) is 3.50. The van der Waals surface area contributed by atoms with E-state index >= 15 is 0 Å². The Balaban J connectivity index is 2.01. The van der Waals surface area contributed by atoms with Crippen LogP contribution in [0.3, 0.4) is 0 Å². The molecule has 7 heteroatoms. The smallest absolute Gasteiger partial charge is 0.257 e. The lowest BCUT2D eigenvalue weighted by atomic mass is 10.3. The number of nitrogen functional groups attached to an aromatic ring is 1. The zero-order chi connectivity index (χ0) is 11.5. The first-order valence-corrected chi connectivity index (χ1v) is 4.96. The molecule has 0 aromatic carbocycles. The van der Waals surface area contributed by atoms with Gasteiger partial charge in [-0.25, -0.2) is 0 Å². The van der Waals surface area contributed by atoms with Gasteiger partial charge in [-0.15, -0.1) is 0 Å². The molecule has 0 aliphatic carbocycles. The van der Waals surface area contributed by atoms with E-state index < -0.39 is 6.10 Å². The number of carbonyl (C=O) groups excluding carboxylic acids is 1. The predicted molar refractivity (Wildman–Crippen MR) is 56.8 cm³/mol. The lowest BCUT2D eigenvalue weighted by molar-refractivity contribution is -0.142. The summed E-state index contributed by atoms with van der Waals surface area (Å²) in [5, 5.41) is 6.58. The van der Waals surface area contributed by atoms with Gasteiger partial charge in [-0.3, -0.25) is 9.48 Å². The van der Waals surface area contributed by atoms with Gasteiger partial charge in [0.25, 0.3) is 5.91 Å². The van der Waals surface area contributed by atoms with E-state index in [-0.39, 0.29) is 12.5 Å². The molecule has 1 aromatic rings. The molecule has 1 saturated heterocycles. The van der Waals surface area contributed by atoms with Crippen molar-refractivity contribution in [3.8, 4) is 0 Å². The largest absolute Gasteiger partial charge is 0.394 e. The summed E-state index contributed by atoms with van der Waals surface area (Å²) in [6.45, 7) is 1.22. The molecule has 1 fully saturated rings. The van der Waals surface area contributed by atoms with E-state index in [0.29, 0.717) is 24.7 Å². The third-order valence-electron chi connectivity index (χ3n) is 2.32. The lowest BCUT2D eigenvalue weighted by Crippen LogP contribution is -2.39. The fourth-order valence-corrected chi connectivity index (χ4v) is 1.44. The summed E-state index contributed by atoms with van der Waals surface area (Å²) in [4.78, 5) is 11.8. The third-order valence-corrected chi connectivity index (χ3v) is 2.32. The summed E-state index contributed by atoms with van der Waals surface area (Å²) in [5.74, 6) is 0.203. The van der Waals surface area contributed by atoms with Crippen LogP contribution in [0.1, 0.15) is 0 Å². The van der Waals surface area contributed by atoms with Crippen LogP contribution in [0.15, 0.2) is 6.20 Å². The second kappa shape index (κ2) is 4.50. The molecule has 3 N–H and O–H groups in total. The lowest BCUT2D eigenvalue weighted by Gasteiger charge is -2.22. The highest BCUT2D eigenvalue weighted by molar-refractivity contribution is 5.95. The number of hydrogen-bond acceptors (Lipinski definition) is 5. The standard InChI is InChI=1S/C9H14N4O3/c1-13-8(6(10)4-11-13)12-9(14)7-5-15-2-3-16-7/h4,7H,2-3,5,10H2,1H3,(H,12,14). The van der Waals surface area contributed by atoms with Crippen LogP contribution in [0.25, 0.3) is 0 Å². The van der Waals surface area contributed by atoms with E-state index in [2.05, 4.69) is 10.4 Å². The number of nitrogens with two attached hydrogens (primary N) is 1. The summed E-state index contributed by atoms with van der Waals surface area (Å²) >= 11 is 0. The number of anilines is 2. The number of aromatic nitrogens is 2. The number of nitrogens with one attached hydrogen (secondary N) is 1. The van der Waals surface area contributed by atoms with E-state index in [1.807, 2.05) is 0 Å². The van der Waals surface area contributed by atoms with Crippen LogP contribution in [-0.4, -0.2) is 41.6 Å². The predicted octanol–water partition coefficient (Wildman–Crippen LogP) is -0.644. The Morgan fingerprint density at radius 1 is 1.69 bits per heavy atom. The van der Waals surface area contributed by atoms with Crippen molar-refractivity contribution in [2.24, 2.45) is 7.05 Å². The fourth-order valence-electron chi connectivity index (χ4n) is 1.44. The topological polar surface area (TPSA) is 91.4 Å². The SMILES string of the molecule is Cn1ncc(N)c1NC(=O)C1COCCO1. The van der Waals surface area contributed by atoms with Crippen molar-refractivity contribution in [3.63, 3.8) is 0 Å². The van der Waals surface area contributed by atoms with Gasteiger partial charge in [-0.1, -0.05) is 0 Å². The van der Waals surface area contributed by atoms with E-state index in [1.165, 1.54) is 10.9 Å². The Kier molecular flexibility index (Phi) is 3.07. The number of nitrogens with zero attached hydrogens (tertiary/aromatic N) is 2.